The fourth-order valence-corrected chi connectivity index (χ4v) is 1.11. The van der Waals surface area contributed by atoms with Crippen molar-refractivity contribution in [1.82, 2.24) is 4.98 Å². The Labute approximate surface area is 98.2 Å². The highest BCUT2D eigenvalue weighted by Crippen LogP contribution is 2.22. The van der Waals surface area contributed by atoms with Crippen LogP contribution in [0.15, 0.2) is 12.3 Å². The number of anilines is 1. The maximum Gasteiger partial charge on any atom is 0.312 e. The molecular formula is C10H12N4O3. The van der Waals surface area contributed by atoms with Gasteiger partial charge in [0.2, 0.25) is 5.82 Å². The summed E-state index contributed by atoms with van der Waals surface area (Å²) in [5.41, 5.74) is -0.0607. The molecule has 0 aliphatic rings. The highest BCUT2D eigenvalue weighted by molar-refractivity contribution is 5.58. The number of hydrogen-bond acceptors (Lipinski definition) is 6. The molecule has 0 amide bonds. The molecule has 0 radical (unpaired) electrons. The Balaban J connectivity index is 2.92. The van der Waals surface area contributed by atoms with Gasteiger partial charge in [0.05, 0.1) is 16.6 Å². The third-order valence-corrected chi connectivity index (χ3v) is 2.15. The van der Waals surface area contributed by atoms with Gasteiger partial charge in [-0.3, -0.25) is 10.1 Å². The lowest BCUT2D eigenvalue weighted by atomic mass is 10.2. The van der Waals surface area contributed by atoms with Crippen molar-refractivity contribution in [1.29, 1.82) is 5.26 Å². The van der Waals surface area contributed by atoms with Gasteiger partial charge in [0.25, 0.3) is 0 Å². The van der Waals surface area contributed by atoms with Gasteiger partial charge < -0.3 is 10.1 Å². The number of methoxy groups -OCH3 is 1. The van der Waals surface area contributed by atoms with Crippen LogP contribution < -0.4 is 5.32 Å². The number of nitrogens with zero attached hydrogens (tertiary/aromatic N) is 3. The van der Waals surface area contributed by atoms with Crippen molar-refractivity contribution in [2.45, 2.75) is 13.0 Å². The molecule has 1 aromatic rings. The normalized spacial score (nSPS) is 11.6. The number of nitrogens with one attached hydrogen (secondary N) is 1. The maximum absolute atomic E-state index is 10.8. The van der Waals surface area contributed by atoms with E-state index in [0.717, 1.165) is 0 Å². The minimum Gasteiger partial charge on any atom is -0.380 e. The third kappa shape index (κ3) is 3.39. The van der Waals surface area contributed by atoms with E-state index in [4.69, 9.17) is 10.00 Å². The Kier molecular flexibility index (Phi) is 4.37. The summed E-state index contributed by atoms with van der Waals surface area (Å²) >= 11 is 0. The second-order valence-corrected chi connectivity index (χ2v) is 3.39. The maximum atomic E-state index is 10.8. The molecule has 7 heteroatoms. The summed E-state index contributed by atoms with van der Waals surface area (Å²) in [6, 6.07) is 2.99. The Morgan fingerprint density at radius 1 is 1.76 bits per heavy atom. The monoisotopic (exact) mass is 236 g/mol. The molecule has 1 heterocycles. The van der Waals surface area contributed by atoms with Gasteiger partial charge in [-0.1, -0.05) is 0 Å². The van der Waals surface area contributed by atoms with E-state index in [1.807, 2.05) is 6.92 Å². The minimum absolute atomic E-state index is 0.0907. The van der Waals surface area contributed by atoms with Crippen molar-refractivity contribution in [3.05, 3.63) is 27.9 Å². The highest BCUT2D eigenvalue weighted by Gasteiger charge is 2.16. The molecule has 90 valence electrons. The SMILES string of the molecule is COC(C)CNc1ncc(C#N)cc1[N+](=O)[O-]. The third-order valence-electron chi connectivity index (χ3n) is 2.15. The number of nitro groups is 1. The summed E-state index contributed by atoms with van der Waals surface area (Å²) in [4.78, 5) is 14.1. The fourth-order valence-electron chi connectivity index (χ4n) is 1.11. The smallest absolute Gasteiger partial charge is 0.312 e. The van der Waals surface area contributed by atoms with E-state index >= 15 is 0 Å². The number of nitriles is 1. The Morgan fingerprint density at radius 2 is 2.47 bits per heavy atom. The van der Waals surface area contributed by atoms with Crippen LogP contribution in [0.25, 0.3) is 0 Å². The van der Waals surface area contributed by atoms with E-state index in [0.29, 0.717) is 6.54 Å². The number of pyridine rings is 1. The van der Waals surface area contributed by atoms with E-state index in [1.54, 1.807) is 13.2 Å². The van der Waals surface area contributed by atoms with Crippen molar-refractivity contribution < 1.29 is 9.66 Å². The zero-order valence-electron chi connectivity index (χ0n) is 9.51. The number of ether oxygens (including phenoxy) is 1. The van der Waals surface area contributed by atoms with Crippen LogP contribution in [0.3, 0.4) is 0 Å². The molecular weight excluding hydrogens is 224 g/mol. The molecule has 0 saturated carbocycles. The van der Waals surface area contributed by atoms with Crippen LogP contribution in [0.1, 0.15) is 12.5 Å². The van der Waals surface area contributed by atoms with Crippen LogP contribution in [-0.2, 0) is 4.74 Å². The van der Waals surface area contributed by atoms with Crippen molar-refractivity contribution in [3.8, 4) is 6.07 Å². The zero-order valence-corrected chi connectivity index (χ0v) is 9.51. The van der Waals surface area contributed by atoms with E-state index in [2.05, 4.69) is 10.3 Å². The molecule has 0 spiro atoms. The molecule has 1 N–H and O–H groups in total. The second kappa shape index (κ2) is 5.77. The first-order valence-corrected chi connectivity index (χ1v) is 4.89. The topological polar surface area (TPSA) is 101 Å². The average Bonchev–Trinajstić information content (AvgIpc) is 2.35. The fraction of sp³-hybridized carbons (Fsp3) is 0.400. The first kappa shape index (κ1) is 12.9. The lowest BCUT2D eigenvalue weighted by molar-refractivity contribution is -0.384. The van der Waals surface area contributed by atoms with Gasteiger partial charge in [0, 0.05) is 25.9 Å². The van der Waals surface area contributed by atoms with Crippen LogP contribution in [0.4, 0.5) is 11.5 Å². The summed E-state index contributed by atoms with van der Waals surface area (Å²) in [5.74, 6) is 0.137. The van der Waals surface area contributed by atoms with Gasteiger partial charge in [-0.05, 0) is 6.92 Å². The molecule has 1 atom stereocenters. The average molecular weight is 236 g/mol. The number of rotatable bonds is 5. The first-order valence-electron chi connectivity index (χ1n) is 4.89. The van der Waals surface area contributed by atoms with Gasteiger partial charge in [-0.2, -0.15) is 5.26 Å². The van der Waals surface area contributed by atoms with Crippen molar-refractivity contribution in [2.75, 3.05) is 19.0 Å². The standard InChI is InChI=1S/C10H12N4O3/c1-7(17-2)5-12-10-9(14(15)16)3-8(4-11)6-13-10/h3,6-7H,5H2,1-2H3,(H,12,13). The molecule has 7 nitrogen and oxygen atoms in total. The minimum atomic E-state index is -0.576. The quantitative estimate of drug-likeness (QED) is 0.610. The predicted molar refractivity (Wildman–Crippen MR) is 60.6 cm³/mol. The lowest BCUT2D eigenvalue weighted by Gasteiger charge is -2.11. The molecule has 0 fully saturated rings. The van der Waals surface area contributed by atoms with Gasteiger partial charge in [-0.25, -0.2) is 4.98 Å². The van der Waals surface area contributed by atoms with Crippen LogP contribution in [0.2, 0.25) is 0 Å². The van der Waals surface area contributed by atoms with Crippen molar-refractivity contribution in [3.63, 3.8) is 0 Å². The van der Waals surface area contributed by atoms with Crippen LogP contribution in [0, 0.1) is 21.4 Å². The van der Waals surface area contributed by atoms with Crippen LogP contribution >= 0.6 is 0 Å². The molecule has 17 heavy (non-hydrogen) atoms. The predicted octanol–water partition coefficient (Wildman–Crippen LogP) is 1.31. The Hall–Kier alpha value is -2.20. The molecule has 0 saturated heterocycles. The van der Waals surface area contributed by atoms with Gasteiger partial charge in [0.15, 0.2) is 0 Å². The molecule has 1 unspecified atom stereocenters. The molecule has 0 aromatic carbocycles. The van der Waals surface area contributed by atoms with Crippen LogP contribution in [0.5, 0.6) is 0 Å². The largest absolute Gasteiger partial charge is 0.380 e. The van der Waals surface area contributed by atoms with Gasteiger partial charge in [0.1, 0.15) is 6.07 Å². The van der Waals surface area contributed by atoms with E-state index in [-0.39, 0.29) is 23.2 Å². The Morgan fingerprint density at radius 3 is 3.00 bits per heavy atom. The summed E-state index contributed by atoms with van der Waals surface area (Å²) < 4.78 is 5.00. The number of hydrogen-bond donors (Lipinski definition) is 1. The summed E-state index contributed by atoms with van der Waals surface area (Å²) in [7, 11) is 1.55. The van der Waals surface area contributed by atoms with Crippen LogP contribution in [-0.4, -0.2) is 29.7 Å². The Bertz CT molecular complexity index is 455. The van der Waals surface area contributed by atoms with Gasteiger partial charge in [-0.15, -0.1) is 0 Å². The molecule has 1 rings (SSSR count). The molecule has 0 bridgehead atoms. The van der Waals surface area contributed by atoms with E-state index in [9.17, 15) is 10.1 Å². The molecule has 0 aliphatic heterocycles. The number of aromatic nitrogens is 1. The summed E-state index contributed by atoms with van der Waals surface area (Å²) in [6.07, 6.45) is 1.19. The van der Waals surface area contributed by atoms with Gasteiger partial charge >= 0.3 is 5.69 Å². The molecule has 0 aliphatic carbocycles. The molecule has 1 aromatic heterocycles. The van der Waals surface area contributed by atoms with E-state index in [1.165, 1.54) is 12.3 Å². The lowest BCUT2D eigenvalue weighted by Crippen LogP contribution is -2.19. The van der Waals surface area contributed by atoms with Crippen molar-refractivity contribution in [2.24, 2.45) is 0 Å². The zero-order chi connectivity index (χ0) is 12.8. The van der Waals surface area contributed by atoms with E-state index < -0.39 is 4.92 Å². The van der Waals surface area contributed by atoms with Crippen molar-refractivity contribution >= 4 is 11.5 Å². The first-order chi connectivity index (χ1) is 8.08. The summed E-state index contributed by atoms with van der Waals surface area (Å²) in [6.45, 7) is 2.22. The second-order valence-electron chi connectivity index (χ2n) is 3.39. The highest BCUT2D eigenvalue weighted by atomic mass is 16.6. The summed E-state index contributed by atoms with van der Waals surface area (Å²) in [5, 5.41) is 22.2.